The third kappa shape index (κ3) is 5.28. The number of hydrogen-bond donors (Lipinski definition) is 2. The van der Waals surface area contributed by atoms with E-state index in [1.807, 2.05) is 32.0 Å². The molecular formula is C23H28N2O4. The molecule has 2 aromatic carbocycles. The molecule has 0 aliphatic heterocycles. The summed E-state index contributed by atoms with van der Waals surface area (Å²) in [6.07, 6.45) is 3.86. The molecule has 1 heterocycles. The number of carbonyl (C=O) groups is 1. The van der Waals surface area contributed by atoms with Gasteiger partial charge in [-0.25, -0.2) is 0 Å². The number of fused-ring (bicyclic) bond motifs is 1. The molecule has 0 bridgehead atoms. The highest BCUT2D eigenvalue weighted by molar-refractivity contribution is 5.99. The molecule has 0 amide bonds. The highest BCUT2D eigenvalue weighted by atomic mass is 16.5. The summed E-state index contributed by atoms with van der Waals surface area (Å²) >= 11 is 0. The number of aromatic nitrogens is 2. The Morgan fingerprint density at radius 1 is 1.14 bits per heavy atom. The van der Waals surface area contributed by atoms with Crippen molar-refractivity contribution in [1.82, 2.24) is 10.2 Å². The lowest BCUT2D eigenvalue weighted by molar-refractivity contribution is 0.0965. The third-order valence-electron chi connectivity index (χ3n) is 4.75. The van der Waals surface area contributed by atoms with E-state index in [-0.39, 0.29) is 17.5 Å². The first-order chi connectivity index (χ1) is 14.0. The van der Waals surface area contributed by atoms with Crippen LogP contribution in [0.5, 0.6) is 17.2 Å². The van der Waals surface area contributed by atoms with Gasteiger partial charge in [-0.1, -0.05) is 13.8 Å². The zero-order valence-corrected chi connectivity index (χ0v) is 17.2. The molecule has 6 heteroatoms. The van der Waals surface area contributed by atoms with Crippen LogP contribution in [-0.2, 0) is 0 Å². The summed E-state index contributed by atoms with van der Waals surface area (Å²) in [4.78, 5) is 12.2. The summed E-state index contributed by atoms with van der Waals surface area (Å²) in [5, 5.41) is 18.3. The fourth-order valence-corrected chi connectivity index (χ4v) is 3.13. The van der Waals surface area contributed by atoms with Crippen LogP contribution in [0.4, 0.5) is 0 Å². The first-order valence-corrected chi connectivity index (χ1v) is 10.00. The lowest BCUT2D eigenvalue weighted by Gasteiger charge is -2.13. The van der Waals surface area contributed by atoms with Crippen molar-refractivity contribution in [3.63, 3.8) is 0 Å². The van der Waals surface area contributed by atoms with Crippen molar-refractivity contribution >= 4 is 16.7 Å². The molecule has 0 aliphatic rings. The van der Waals surface area contributed by atoms with Gasteiger partial charge in [0, 0.05) is 17.4 Å². The summed E-state index contributed by atoms with van der Waals surface area (Å²) < 4.78 is 11.6. The van der Waals surface area contributed by atoms with Gasteiger partial charge in [0.1, 0.15) is 17.2 Å². The molecule has 3 rings (SSSR count). The molecule has 1 aromatic heterocycles. The number of ether oxygens (including phenoxy) is 2. The summed E-state index contributed by atoms with van der Waals surface area (Å²) in [5.41, 5.74) is 1.96. The summed E-state index contributed by atoms with van der Waals surface area (Å²) in [7, 11) is 0. The molecule has 6 nitrogen and oxygen atoms in total. The standard InChI is InChI=1S/C23H28N2O4/c1-15(2)12-21(26)19-7-9-22(16(3)23(19)27)29-11-5-4-10-28-18-6-8-20-17(13-18)14-24-25-20/h6-9,13-15,27H,4-5,10-12H2,1-3H3,(H,24,25). The number of rotatable bonds is 10. The predicted molar refractivity (Wildman–Crippen MR) is 113 cm³/mol. The van der Waals surface area contributed by atoms with Crippen LogP contribution in [0.25, 0.3) is 10.9 Å². The molecule has 29 heavy (non-hydrogen) atoms. The van der Waals surface area contributed by atoms with Gasteiger partial charge < -0.3 is 14.6 Å². The SMILES string of the molecule is Cc1c(OCCCCOc2ccc3[nH]ncc3c2)ccc(C(=O)CC(C)C)c1O. The van der Waals surface area contributed by atoms with Crippen LogP contribution in [0.1, 0.15) is 49.0 Å². The van der Waals surface area contributed by atoms with Crippen molar-refractivity contribution in [1.29, 1.82) is 0 Å². The molecule has 0 radical (unpaired) electrons. The third-order valence-corrected chi connectivity index (χ3v) is 4.75. The topological polar surface area (TPSA) is 84.4 Å². The number of unbranched alkanes of at least 4 members (excludes halogenated alkanes) is 1. The van der Waals surface area contributed by atoms with Crippen LogP contribution in [0.3, 0.4) is 0 Å². The maximum Gasteiger partial charge on any atom is 0.166 e. The van der Waals surface area contributed by atoms with E-state index in [1.165, 1.54) is 0 Å². The number of H-pyrrole nitrogens is 1. The van der Waals surface area contributed by atoms with Gasteiger partial charge in [0.2, 0.25) is 0 Å². The fourth-order valence-electron chi connectivity index (χ4n) is 3.13. The number of carbonyl (C=O) groups excluding carboxylic acids is 1. The van der Waals surface area contributed by atoms with Gasteiger partial charge in [-0.3, -0.25) is 9.89 Å². The van der Waals surface area contributed by atoms with Gasteiger partial charge in [0.25, 0.3) is 0 Å². The monoisotopic (exact) mass is 396 g/mol. The Bertz CT molecular complexity index is 978. The Kier molecular flexibility index (Phi) is 6.75. The Hall–Kier alpha value is -3.02. The second kappa shape index (κ2) is 9.45. The van der Waals surface area contributed by atoms with E-state index >= 15 is 0 Å². The van der Waals surface area contributed by atoms with Gasteiger partial charge in [-0.2, -0.15) is 5.10 Å². The van der Waals surface area contributed by atoms with E-state index < -0.39 is 0 Å². The number of aromatic amines is 1. The van der Waals surface area contributed by atoms with Crippen LogP contribution in [0.2, 0.25) is 0 Å². The molecular weight excluding hydrogens is 368 g/mol. The second-order valence-electron chi connectivity index (χ2n) is 7.63. The number of hydrogen-bond acceptors (Lipinski definition) is 5. The number of aromatic hydroxyl groups is 1. The highest BCUT2D eigenvalue weighted by Gasteiger charge is 2.17. The number of phenols is 1. The van der Waals surface area contributed by atoms with Crippen molar-refractivity contribution in [3.05, 3.63) is 47.7 Å². The maximum absolute atomic E-state index is 12.2. The Morgan fingerprint density at radius 3 is 2.66 bits per heavy atom. The van der Waals surface area contributed by atoms with E-state index in [0.717, 1.165) is 29.5 Å². The van der Waals surface area contributed by atoms with E-state index in [4.69, 9.17) is 9.47 Å². The molecule has 0 saturated heterocycles. The van der Waals surface area contributed by atoms with Gasteiger partial charge in [-0.15, -0.1) is 0 Å². The molecule has 3 aromatic rings. The zero-order chi connectivity index (χ0) is 20.8. The van der Waals surface area contributed by atoms with Crippen LogP contribution < -0.4 is 9.47 Å². The maximum atomic E-state index is 12.2. The van der Waals surface area contributed by atoms with E-state index in [1.54, 1.807) is 25.3 Å². The quantitative estimate of drug-likeness (QED) is 0.370. The molecule has 0 spiro atoms. The zero-order valence-electron chi connectivity index (χ0n) is 17.2. The van der Waals surface area contributed by atoms with Crippen molar-refractivity contribution in [2.24, 2.45) is 5.92 Å². The Morgan fingerprint density at radius 2 is 1.90 bits per heavy atom. The average molecular weight is 396 g/mol. The molecule has 154 valence electrons. The number of benzene rings is 2. The number of nitrogens with one attached hydrogen (secondary N) is 1. The first-order valence-electron chi connectivity index (χ1n) is 10.00. The minimum Gasteiger partial charge on any atom is -0.507 e. The van der Waals surface area contributed by atoms with Gasteiger partial charge in [0.05, 0.1) is 30.5 Å². The van der Waals surface area contributed by atoms with Crippen LogP contribution in [0.15, 0.2) is 36.5 Å². The predicted octanol–water partition coefficient (Wildman–Crippen LogP) is 5.04. The Labute approximate surface area is 170 Å². The lowest BCUT2D eigenvalue weighted by atomic mass is 9.98. The first kappa shape index (κ1) is 20.7. The van der Waals surface area contributed by atoms with Crippen LogP contribution >= 0.6 is 0 Å². The Balaban J connectivity index is 1.44. The second-order valence-corrected chi connectivity index (χ2v) is 7.63. The summed E-state index contributed by atoms with van der Waals surface area (Å²) in [6, 6.07) is 9.25. The highest BCUT2D eigenvalue weighted by Crippen LogP contribution is 2.32. The van der Waals surface area contributed by atoms with Gasteiger partial charge in [0.15, 0.2) is 5.78 Å². The molecule has 0 saturated carbocycles. The van der Waals surface area contributed by atoms with Gasteiger partial charge >= 0.3 is 0 Å². The number of phenolic OH excluding ortho intramolecular Hbond substituents is 1. The van der Waals surface area contributed by atoms with E-state index in [0.29, 0.717) is 36.5 Å². The molecule has 0 fully saturated rings. The largest absolute Gasteiger partial charge is 0.507 e. The lowest BCUT2D eigenvalue weighted by Crippen LogP contribution is -2.06. The fraction of sp³-hybridized carbons (Fsp3) is 0.391. The molecule has 0 unspecified atom stereocenters. The van der Waals surface area contributed by atoms with Crippen molar-refractivity contribution < 1.29 is 19.4 Å². The average Bonchev–Trinajstić information content (AvgIpc) is 3.15. The number of ketones is 1. The van der Waals surface area contributed by atoms with Crippen molar-refractivity contribution in [2.75, 3.05) is 13.2 Å². The normalized spacial score (nSPS) is 11.2. The van der Waals surface area contributed by atoms with E-state index in [9.17, 15) is 9.90 Å². The number of nitrogens with zero attached hydrogens (tertiary/aromatic N) is 1. The van der Waals surface area contributed by atoms with Crippen LogP contribution in [-0.4, -0.2) is 34.3 Å². The van der Waals surface area contributed by atoms with Crippen LogP contribution in [0, 0.1) is 12.8 Å². The summed E-state index contributed by atoms with van der Waals surface area (Å²) in [6.45, 7) is 6.85. The van der Waals surface area contributed by atoms with E-state index in [2.05, 4.69) is 10.2 Å². The van der Waals surface area contributed by atoms with Crippen molar-refractivity contribution in [3.8, 4) is 17.2 Å². The smallest absolute Gasteiger partial charge is 0.166 e. The van der Waals surface area contributed by atoms with Crippen molar-refractivity contribution in [2.45, 2.75) is 40.0 Å². The summed E-state index contributed by atoms with van der Waals surface area (Å²) in [5.74, 6) is 1.66. The number of Topliss-reactive ketones (excluding diaryl/α,β-unsaturated/α-hetero) is 1. The molecule has 0 atom stereocenters. The minimum atomic E-state index is -0.0436. The molecule has 0 aliphatic carbocycles. The minimum absolute atomic E-state index is 0.0196. The molecule has 2 N–H and O–H groups in total. The van der Waals surface area contributed by atoms with Gasteiger partial charge in [-0.05, 0) is 56.0 Å².